The molecule has 5 nitrogen and oxygen atoms in total. The van der Waals surface area contributed by atoms with Crippen LogP contribution in [-0.2, 0) is 11.0 Å². The van der Waals surface area contributed by atoms with Crippen LogP contribution >= 0.6 is 0 Å². The molecule has 0 unspecified atom stereocenters. The molecule has 1 fully saturated rings. The minimum absolute atomic E-state index is 0.128. The summed E-state index contributed by atoms with van der Waals surface area (Å²) in [7, 11) is 3.98. The van der Waals surface area contributed by atoms with Gasteiger partial charge in [-0.15, -0.1) is 0 Å². The molecule has 1 saturated heterocycles. The summed E-state index contributed by atoms with van der Waals surface area (Å²) in [6, 6.07) is 2.58. The molecule has 0 radical (unpaired) electrons. The third kappa shape index (κ3) is 5.47. The molecule has 1 aromatic carbocycles. The lowest BCUT2D eigenvalue weighted by Crippen LogP contribution is -2.40. The summed E-state index contributed by atoms with van der Waals surface area (Å²) in [6.45, 7) is 4.37. The molecule has 0 spiro atoms. The zero-order chi connectivity index (χ0) is 21.9. The molecule has 0 aliphatic carbocycles. The fourth-order valence-electron chi connectivity index (χ4n) is 4.37. The van der Waals surface area contributed by atoms with Gasteiger partial charge >= 0.3 is 6.18 Å². The Bertz CT molecular complexity index is 884. The maximum atomic E-state index is 13.4. The first-order valence-corrected chi connectivity index (χ1v) is 10.4. The molecular weight excluding hydrogens is 393 g/mol. The molecule has 1 aliphatic heterocycles. The Morgan fingerprint density at radius 3 is 2.53 bits per heavy atom. The Kier molecular flexibility index (Phi) is 6.95. The number of aromatic nitrogens is 2. The summed E-state index contributed by atoms with van der Waals surface area (Å²) in [4.78, 5) is 24.8. The van der Waals surface area contributed by atoms with Gasteiger partial charge in [-0.25, -0.2) is 0 Å². The Hall–Kier alpha value is -2.22. The molecule has 0 amide bonds. The summed E-state index contributed by atoms with van der Waals surface area (Å²) in [5.74, 6) is 0.787. The zero-order valence-corrected chi connectivity index (χ0v) is 17.7. The molecule has 30 heavy (non-hydrogen) atoms. The van der Waals surface area contributed by atoms with E-state index in [1.165, 1.54) is 18.5 Å². The number of halogens is 3. The third-order valence-corrected chi connectivity index (χ3v) is 5.57. The predicted octanol–water partition coefficient (Wildman–Crippen LogP) is 4.41. The van der Waals surface area contributed by atoms with E-state index in [1.807, 2.05) is 14.1 Å². The summed E-state index contributed by atoms with van der Waals surface area (Å²) in [5, 5.41) is 0. The van der Waals surface area contributed by atoms with Crippen LogP contribution in [0.1, 0.15) is 38.2 Å². The second-order valence-electron chi connectivity index (χ2n) is 8.65. The van der Waals surface area contributed by atoms with E-state index >= 15 is 0 Å². The molecule has 2 heterocycles. The highest BCUT2D eigenvalue weighted by Gasteiger charge is 2.35. The number of hydrogen-bond acceptors (Lipinski definition) is 5. The van der Waals surface area contributed by atoms with Gasteiger partial charge in [0.15, 0.2) is 0 Å². The van der Waals surface area contributed by atoms with Gasteiger partial charge in [0.2, 0.25) is 0 Å². The average Bonchev–Trinajstić information content (AvgIpc) is 2.65. The Labute approximate surface area is 175 Å². The van der Waals surface area contributed by atoms with Crippen LogP contribution in [0.15, 0.2) is 24.5 Å². The van der Waals surface area contributed by atoms with E-state index < -0.39 is 11.7 Å². The first kappa shape index (κ1) is 22.5. The number of ketones is 1. The van der Waals surface area contributed by atoms with Crippen molar-refractivity contribution in [1.82, 2.24) is 14.9 Å². The standard InChI is InChI=1S/C22H29F3N4O/c1-15-11-16(12-17(30)5-4-10-28(2)3)14-29(13-15)19-7-6-18(22(23,24)25)20-21(19)27-9-8-26-20/h6-9,15-16H,4-5,10-14H2,1-3H3/t15-,16-/m0/s1. The molecule has 1 aromatic heterocycles. The van der Waals surface area contributed by atoms with Crippen molar-refractivity contribution < 1.29 is 18.0 Å². The van der Waals surface area contributed by atoms with E-state index in [1.54, 1.807) is 0 Å². The van der Waals surface area contributed by atoms with Crippen molar-refractivity contribution in [2.75, 3.05) is 38.6 Å². The number of rotatable bonds is 7. The average molecular weight is 422 g/mol. The second kappa shape index (κ2) is 9.29. The van der Waals surface area contributed by atoms with Crippen molar-refractivity contribution >= 4 is 22.5 Å². The van der Waals surface area contributed by atoms with E-state index in [0.717, 1.165) is 32.0 Å². The quantitative estimate of drug-likeness (QED) is 0.662. The van der Waals surface area contributed by atoms with Crippen LogP contribution in [0.25, 0.3) is 11.0 Å². The molecular formula is C22H29F3N4O. The summed E-state index contributed by atoms with van der Waals surface area (Å²) in [6.07, 6.45) is 1.09. The maximum absolute atomic E-state index is 13.4. The first-order valence-electron chi connectivity index (χ1n) is 10.4. The van der Waals surface area contributed by atoms with Gasteiger partial charge in [-0.05, 0) is 57.5 Å². The lowest BCUT2D eigenvalue weighted by atomic mass is 9.86. The number of nitrogens with zero attached hydrogens (tertiary/aromatic N) is 4. The summed E-state index contributed by atoms with van der Waals surface area (Å²) in [5.41, 5.74) is 0.0178. The highest BCUT2D eigenvalue weighted by atomic mass is 19.4. The summed E-state index contributed by atoms with van der Waals surface area (Å²) < 4.78 is 40.2. The Morgan fingerprint density at radius 2 is 1.87 bits per heavy atom. The first-order chi connectivity index (χ1) is 14.1. The van der Waals surface area contributed by atoms with Crippen molar-refractivity contribution in [2.24, 2.45) is 11.8 Å². The molecule has 0 N–H and O–H groups in total. The molecule has 0 saturated carbocycles. The molecule has 164 valence electrons. The van der Waals surface area contributed by atoms with E-state index in [9.17, 15) is 18.0 Å². The molecule has 2 aromatic rings. The van der Waals surface area contributed by atoms with Crippen LogP contribution in [-0.4, -0.2) is 54.4 Å². The number of carbonyl (C=O) groups is 1. The van der Waals surface area contributed by atoms with Gasteiger partial charge in [0.1, 0.15) is 16.8 Å². The normalized spacial score (nSPS) is 20.2. The summed E-state index contributed by atoms with van der Waals surface area (Å²) >= 11 is 0. The van der Waals surface area contributed by atoms with Gasteiger partial charge in [0, 0.05) is 38.3 Å². The third-order valence-electron chi connectivity index (χ3n) is 5.57. The minimum Gasteiger partial charge on any atom is -0.369 e. The van der Waals surface area contributed by atoms with E-state index in [0.29, 0.717) is 31.0 Å². The molecule has 0 bridgehead atoms. The monoisotopic (exact) mass is 422 g/mol. The van der Waals surface area contributed by atoms with Gasteiger partial charge in [-0.3, -0.25) is 14.8 Å². The van der Waals surface area contributed by atoms with Crippen molar-refractivity contribution in [3.05, 3.63) is 30.1 Å². The smallest absolute Gasteiger partial charge is 0.369 e. The fourth-order valence-corrected chi connectivity index (χ4v) is 4.37. The van der Waals surface area contributed by atoms with Crippen LogP contribution in [0.3, 0.4) is 0 Å². The fraction of sp³-hybridized carbons (Fsp3) is 0.591. The van der Waals surface area contributed by atoms with Crippen LogP contribution in [0.5, 0.6) is 0 Å². The Morgan fingerprint density at radius 1 is 1.17 bits per heavy atom. The number of anilines is 1. The molecule has 1 aliphatic rings. The van der Waals surface area contributed by atoms with Gasteiger partial charge in [-0.2, -0.15) is 13.2 Å². The zero-order valence-electron chi connectivity index (χ0n) is 17.7. The van der Waals surface area contributed by atoms with Crippen LogP contribution in [0.2, 0.25) is 0 Å². The molecule has 8 heteroatoms. The number of carbonyl (C=O) groups excluding carboxylic acids is 1. The largest absolute Gasteiger partial charge is 0.418 e. The van der Waals surface area contributed by atoms with Gasteiger partial charge in [0.05, 0.1) is 11.3 Å². The number of benzene rings is 1. The highest BCUT2D eigenvalue weighted by molar-refractivity contribution is 5.91. The van der Waals surface area contributed by atoms with Gasteiger partial charge < -0.3 is 9.80 Å². The highest BCUT2D eigenvalue weighted by Crippen LogP contribution is 2.38. The maximum Gasteiger partial charge on any atom is 0.418 e. The lowest BCUT2D eigenvalue weighted by Gasteiger charge is -2.38. The number of piperidine rings is 1. The van der Waals surface area contributed by atoms with Gasteiger partial charge in [-0.1, -0.05) is 6.92 Å². The van der Waals surface area contributed by atoms with E-state index in [4.69, 9.17) is 0 Å². The molecule has 3 rings (SSSR count). The SMILES string of the molecule is C[C@H]1C[C@@H](CC(=O)CCCN(C)C)CN(c2ccc(C(F)(F)F)c3nccnc23)C1. The number of fused-ring (bicyclic) bond motifs is 1. The van der Waals surface area contributed by atoms with Crippen molar-refractivity contribution in [3.8, 4) is 0 Å². The number of Topliss-reactive ketones (excluding diaryl/α,β-unsaturated/α-hetero) is 1. The van der Waals surface area contributed by atoms with E-state index in [2.05, 4.69) is 26.7 Å². The Balaban J connectivity index is 1.79. The van der Waals surface area contributed by atoms with Crippen LogP contribution < -0.4 is 4.90 Å². The molecule has 2 atom stereocenters. The topological polar surface area (TPSA) is 49.3 Å². The van der Waals surface area contributed by atoms with Crippen molar-refractivity contribution in [2.45, 2.75) is 38.8 Å². The number of alkyl halides is 3. The minimum atomic E-state index is -4.48. The number of hydrogen-bond donors (Lipinski definition) is 0. The predicted molar refractivity (Wildman–Crippen MR) is 111 cm³/mol. The van der Waals surface area contributed by atoms with Crippen molar-refractivity contribution in [3.63, 3.8) is 0 Å². The van der Waals surface area contributed by atoms with Crippen molar-refractivity contribution in [1.29, 1.82) is 0 Å². The second-order valence-corrected chi connectivity index (χ2v) is 8.65. The van der Waals surface area contributed by atoms with Crippen LogP contribution in [0.4, 0.5) is 18.9 Å². The van der Waals surface area contributed by atoms with Crippen LogP contribution in [0, 0.1) is 11.8 Å². The van der Waals surface area contributed by atoms with Gasteiger partial charge in [0.25, 0.3) is 0 Å². The van der Waals surface area contributed by atoms with E-state index in [-0.39, 0.29) is 22.7 Å². The lowest BCUT2D eigenvalue weighted by molar-refractivity contribution is -0.136.